The smallest absolute Gasteiger partial charge is 0.307 e. The van der Waals surface area contributed by atoms with Crippen LogP contribution in [0.4, 0.5) is 0 Å². The van der Waals surface area contributed by atoms with Gasteiger partial charge in [-0.2, -0.15) is 0 Å². The van der Waals surface area contributed by atoms with Crippen molar-refractivity contribution in [3.05, 3.63) is 59.3 Å². The molecular formula is C24H27N3O6. The van der Waals surface area contributed by atoms with Crippen LogP contribution in [-0.4, -0.2) is 59.0 Å². The van der Waals surface area contributed by atoms with E-state index in [-0.39, 0.29) is 19.1 Å². The summed E-state index contributed by atoms with van der Waals surface area (Å²) in [6.07, 6.45) is 0.861. The summed E-state index contributed by atoms with van der Waals surface area (Å²) >= 11 is 0. The van der Waals surface area contributed by atoms with E-state index in [2.05, 4.69) is 10.3 Å². The highest BCUT2D eigenvalue weighted by Crippen LogP contribution is 2.29. The van der Waals surface area contributed by atoms with E-state index < -0.39 is 18.0 Å². The Morgan fingerprint density at radius 2 is 2.12 bits per heavy atom. The average Bonchev–Trinajstić information content (AvgIpc) is 3.23. The summed E-state index contributed by atoms with van der Waals surface area (Å²) in [6.45, 7) is 0.993. The topological polar surface area (TPSA) is 147 Å². The molecule has 4 rings (SSSR count). The standard InChI is InChI=1S/C24H27N3O6/c25-24(31)20-10-18-19(27-20)2-1-3-22(18)32-13-16(28)11-26-12-17-6-5-15-8-14(9-23(29)30)4-7-21(15)33-17/h1-4,7-8,10,16-17,26-28H,5-6,9,11-13H2,(H2,25,31)(H,29,30). The molecule has 9 heteroatoms. The number of amides is 1. The zero-order valence-electron chi connectivity index (χ0n) is 18.0. The maximum atomic E-state index is 11.4. The van der Waals surface area contributed by atoms with Gasteiger partial charge in [-0.15, -0.1) is 0 Å². The van der Waals surface area contributed by atoms with E-state index in [0.29, 0.717) is 24.5 Å². The summed E-state index contributed by atoms with van der Waals surface area (Å²) in [4.78, 5) is 25.2. The van der Waals surface area contributed by atoms with E-state index in [4.69, 9.17) is 20.3 Å². The molecule has 0 saturated heterocycles. The first kappa shape index (κ1) is 22.6. The number of carbonyl (C=O) groups excluding carboxylic acids is 1. The number of aliphatic hydroxyl groups is 1. The number of rotatable bonds is 10. The van der Waals surface area contributed by atoms with E-state index >= 15 is 0 Å². The van der Waals surface area contributed by atoms with Crippen molar-refractivity contribution in [1.29, 1.82) is 0 Å². The number of hydrogen-bond acceptors (Lipinski definition) is 6. The minimum Gasteiger partial charge on any atom is -0.490 e. The van der Waals surface area contributed by atoms with Gasteiger partial charge in [0.15, 0.2) is 0 Å². The first-order chi connectivity index (χ1) is 15.9. The molecule has 9 nitrogen and oxygen atoms in total. The number of carbonyl (C=O) groups is 2. The molecule has 2 heterocycles. The fourth-order valence-corrected chi connectivity index (χ4v) is 3.97. The number of nitrogens with one attached hydrogen (secondary N) is 2. The summed E-state index contributed by atoms with van der Waals surface area (Å²) in [6, 6.07) is 12.5. The summed E-state index contributed by atoms with van der Waals surface area (Å²) in [7, 11) is 0. The van der Waals surface area contributed by atoms with E-state index in [9.17, 15) is 14.7 Å². The molecule has 2 atom stereocenters. The molecule has 0 spiro atoms. The highest BCUT2D eigenvalue weighted by Gasteiger charge is 2.20. The van der Waals surface area contributed by atoms with Crippen LogP contribution in [0.3, 0.4) is 0 Å². The fourth-order valence-electron chi connectivity index (χ4n) is 3.97. The number of aromatic nitrogens is 1. The van der Waals surface area contributed by atoms with E-state index in [1.54, 1.807) is 24.3 Å². The molecule has 1 aliphatic heterocycles. The molecule has 3 aromatic rings. The lowest BCUT2D eigenvalue weighted by Gasteiger charge is -2.27. The van der Waals surface area contributed by atoms with Gasteiger partial charge in [0.1, 0.15) is 36.0 Å². The van der Waals surface area contributed by atoms with E-state index in [1.165, 1.54) is 0 Å². The maximum absolute atomic E-state index is 11.4. The van der Waals surface area contributed by atoms with Crippen molar-refractivity contribution in [2.45, 2.75) is 31.5 Å². The van der Waals surface area contributed by atoms with Gasteiger partial charge in [-0.1, -0.05) is 18.2 Å². The molecular weight excluding hydrogens is 426 g/mol. The number of fused-ring (bicyclic) bond motifs is 2. The Morgan fingerprint density at radius 1 is 1.27 bits per heavy atom. The number of nitrogens with two attached hydrogens (primary N) is 1. The van der Waals surface area contributed by atoms with Crippen molar-refractivity contribution in [2.24, 2.45) is 5.73 Å². The summed E-state index contributed by atoms with van der Waals surface area (Å²) in [5.41, 5.74) is 8.16. The number of H-pyrrole nitrogens is 1. The quantitative estimate of drug-likeness (QED) is 0.313. The maximum Gasteiger partial charge on any atom is 0.307 e. The van der Waals surface area contributed by atoms with Gasteiger partial charge in [0.25, 0.3) is 5.91 Å². The zero-order valence-corrected chi connectivity index (χ0v) is 18.0. The van der Waals surface area contributed by atoms with Crippen LogP contribution in [-0.2, 0) is 17.6 Å². The highest BCUT2D eigenvalue weighted by atomic mass is 16.5. The monoisotopic (exact) mass is 453 g/mol. The molecule has 0 aliphatic carbocycles. The second kappa shape index (κ2) is 9.93. The Labute approximate surface area is 190 Å². The third kappa shape index (κ3) is 5.63. The lowest BCUT2D eigenvalue weighted by Crippen LogP contribution is -2.39. The highest BCUT2D eigenvalue weighted by molar-refractivity contribution is 5.98. The van der Waals surface area contributed by atoms with Crippen LogP contribution in [0.25, 0.3) is 10.9 Å². The van der Waals surface area contributed by atoms with Gasteiger partial charge in [-0.3, -0.25) is 9.59 Å². The first-order valence-corrected chi connectivity index (χ1v) is 10.8. The van der Waals surface area contributed by atoms with Crippen molar-refractivity contribution in [3.63, 3.8) is 0 Å². The van der Waals surface area contributed by atoms with Gasteiger partial charge >= 0.3 is 5.97 Å². The number of aliphatic carboxylic acids is 1. The first-order valence-electron chi connectivity index (χ1n) is 10.8. The Morgan fingerprint density at radius 3 is 2.91 bits per heavy atom. The molecule has 0 radical (unpaired) electrons. The van der Waals surface area contributed by atoms with Gasteiger partial charge in [0.05, 0.1) is 6.42 Å². The molecule has 1 aliphatic rings. The number of carboxylic acid groups (broad SMARTS) is 1. The number of ether oxygens (including phenoxy) is 2. The molecule has 1 aromatic heterocycles. The lowest BCUT2D eigenvalue weighted by atomic mass is 9.99. The molecule has 2 aromatic carbocycles. The number of carboxylic acids is 1. The Balaban J connectivity index is 1.23. The predicted molar refractivity (Wildman–Crippen MR) is 122 cm³/mol. The number of primary amides is 1. The molecule has 0 saturated carbocycles. The second-order valence-corrected chi connectivity index (χ2v) is 8.18. The van der Waals surface area contributed by atoms with Gasteiger partial charge in [-0.05, 0) is 48.2 Å². The molecule has 174 valence electrons. The summed E-state index contributed by atoms with van der Waals surface area (Å²) in [5.74, 6) is -0.0584. The predicted octanol–water partition coefficient (Wildman–Crippen LogP) is 1.62. The molecule has 2 unspecified atom stereocenters. The number of hydrogen-bond donors (Lipinski definition) is 5. The van der Waals surface area contributed by atoms with Gasteiger partial charge in [0.2, 0.25) is 0 Å². The van der Waals surface area contributed by atoms with Gasteiger partial charge in [0, 0.05) is 24.0 Å². The van der Waals surface area contributed by atoms with Crippen molar-refractivity contribution < 1.29 is 29.3 Å². The minimum absolute atomic E-state index is 0.00309. The molecule has 0 bridgehead atoms. The number of aryl methyl sites for hydroxylation is 1. The van der Waals surface area contributed by atoms with Crippen molar-refractivity contribution >= 4 is 22.8 Å². The van der Waals surface area contributed by atoms with E-state index in [0.717, 1.165) is 40.6 Å². The minimum atomic E-state index is -0.850. The zero-order chi connectivity index (χ0) is 23.4. The second-order valence-electron chi connectivity index (χ2n) is 8.18. The molecule has 6 N–H and O–H groups in total. The van der Waals surface area contributed by atoms with Crippen LogP contribution in [0.1, 0.15) is 28.0 Å². The molecule has 33 heavy (non-hydrogen) atoms. The Bertz CT molecular complexity index is 1160. The fraction of sp³-hybridized carbons (Fsp3) is 0.333. The Kier molecular flexibility index (Phi) is 6.81. The lowest BCUT2D eigenvalue weighted by molar-refractivity contribution is -0.136. The van der Waals surface area contributed by atoms with Crippen LogP contribution in [0.2, 0.25) is 0 Å². The van der Waals surface area contributed by atoms with E-state index in [1.807, 2.05) is 18.2 Å². The molecule has 0 fully saturated rings. The van der Waals surface area contributed by atoms with Crippen molar-refractivity contribution in [2.75, 3.05) is 19.7 Å². The molecule has 1 amide bonds. The van der Waals surface area contributed by atoms with Crippen molar-refractivity contribution in [3.8, 4) is 11.5 Å². The third-order valence-corrected chi connectivity index (χ3v) is 5.58. The van der Waals surface area contributed by atoms with Crippen LogP contribution >= 0.6 is 0 Å². The van der Waals surface area contributed by atoms with Crippen molar-refractivity contribution in [1.82, 2.24) is 10.3 Å². The SMILES string of the molecule is NC(=O)c1cc2c(OCC(O)CNCC3CCc4cc(CC(=O)O)ccc4O3)cccc2[nH]1. The summed E-state index contributed by atoms with van der Waals surface area (Å²) < 4.78 is 11.8. The van der Waals surface area contributed by atoms with Crippen LogP contribution in [0.15, 0.2) is 42.5 Å². The van der Waals surface area contributed by atoms with Crippen LogP contribution in [0, 0.1) is 0 Å². The Hall–Kier alpha value is -3.56. The van der Waals surface area contributed by atoms with Gasteiger partial charge in [-0.25, -0.2) is 0 Å². The third-order valence-electron chi connectivity index (χ3n) is 5.58. The van der Waals surface area contributed by atoms with Gasteiger partial charge < -0.3 is 35.7 Å². The number of aliphatic hydroxyl groups excluding tert-OH is 1. The van der Waals surface area contributed by atoms with Crippen LogP contribution < -0.4 is 20.5 Å². The normalized spacial score (nSPS) is 16.1. The summed E-state index contributed by atoms with van der Waals surface area (Å²) in [5, 5.41) is 23.2. The average molecular weight is 453 g/mol. The van der Waals surface area contributed by atoms with Crippen LogP contribution in [0.5, 0.6) is 11.5 Å². The number of benzene rings is 2. The largest absolute Gasteiger partial charge is 0.490 e. The number of aromatic amines is 1.